The minimum atomic E-state index is -0.425. The van der Waals surface area contributed by atoms with Gasteiger partial charge in [0.2, 0.25) is 0 Å². The van der Waals surface area contributed by atoms with Crippen molar-refractivity contribution in [1.29, 1.82) is 0 Å². The fraction of sp³-hybridized carbons (Fsp3) is 0.158. The molecule has 0 spiro atoms. The molecule has 3 rings (SSSR count). The molecule has 0 fully saturated rings. The summed E-state index contributed by atoms with van der Waals surface area (Å²) in [5.41, 5.74) is 1.73. The molecule has 1 aromatic heterocycles. The van der Waals surface area contributed by atoms with Crippen LogP contribution >= 0.6 is 0 Å². The van der Waals surface area contributed by atoms with E-state index in [1.807, 2.05) is 6.92 Å². The Morgan fingerprint density at radius 3 is 2.32 bits per heavy atom. The van der Waals surface area contributed by atoms with E-state index in [0.717, 1.165) is 10.9 Å². The normalized spacial score (nSPS) is 10.5. The van der Waals surface area contributed by atoms with Crippen molar-refractivity contribution < 1.29 is 18.7 Å². The van der Waals surface area contributed by atoms with Crippen LogP contribution in [0.5, 0.6) is 11.5 Å². The van der Waals surface area contributed by atoms with Crippen LogP contribution in [-0.4, -0.2) is 20.1 Å². The molecule has 2 aromatic carbocycles. The van der Waals surface area contributed by atoms with E-state index in [4.69, 9.17) is 13.9 Å². The number of fused-ring (bicyclic) bond motifs is 1. The standard InChI is InChI=1S/C19H17NO5/c1-11-6-18(21)25-17-9-13(4-5-16(11)17)20-19(22)12-7-14(23-2)10-15(8-12)24-3/h4-10H,1-3H3,(H,20,22). The molecule has 0 saturated heterocycles. The largest absolute Gasteiger partial charge is 0.497 e. The van der Waals surface area contributed by atoms with Crippen LogP contribution in [0.3, 0.4) is 0 Å². The summed E-state index contributed by atoms with van der Waals surface area (Å²) in [6.07, 6.45) is 0. The van der Waals surface area contributed by atoms with Crippen molar-refractivity contribution in [3.05, 3.63) is 64.0 Å². The Hall–Kier alpha value is -3.28. The third kappa shape index (κ3) is 3.47. The van der Waals surface area contributed by atoms with Gasteiger partial charge in [-0.05, 0) is 36.8 Å². The van der Waals surface area contributed by atoms with Crippen molar-refractivity contribution in [1.82, 2.24) is 0 Å². The molecule has 1 N–H and O–H groups in total. The second kappa shape index (κ2) is 6.68. The third-order valence-electron chi connectivity index (χ3n) is 3.82. The molecule has 0 aliphatic carbocycles. The minimum absolute atomic E-state index is 0.327. The average Bonchev–Trinajstić information content (AvgIpc) is 2.60. The number of rotatable bonds is 4. The monoisotopic (exact) mass is 339 g/mol. The van der Waals surface area contributed by atoms with Gasteiger partial charge >= 0.3 is 5.63 Å². The number of carbonyl (C=O) groups is 1. The zero-order valence-corrected chi connectivity index (χ0v) is 14.1. The average molecular weight is 339 g/mol. The molecule has 3 aromatic rings. The van der Waals surface area contributed by atoms with Gasteiger partial charge in [0.15, 0.2) is 0 Å². The third-order valence-corrected chi connectivity index (χ3v) is 3.82. The second-order valence-corrected chi connectivity index (χ2v) is 5.51. The number of aryl methyl sites for hydroxylation is 1. The fourth-order valence-electron chi connectivity index (χ4n) is 2.54. The Bertz CT molecular complexity index is 984. The van der Waals surface area contributed by atoms with Gasteiger partial charge in [-0.1, -0.05) is 0 Å². The molecule has 0 bridgehead atoms. The van der Waals surface area contributed by atoms with Gasteiger partial charge in [0, 0.05) is 34.8 Å². The predicted octanol–water partition coefficient (Wildman–Crippen LogP) is 3.37. The van der Waals surface area contributed by atoms with Gasteiger partial charge in [-0.25, -0.2) is 4.79 Å². The maximum atomic E-state index is 12.5. The molecular weight excluding hydrogens is 322 g/mol. The molecular formula is C19H17NO5. The van der Waals surface area contributed by atoms with E-state index >= 15 is 0 Å². The number of nitrogens with one attached hydrogen (secondary N) is 1. The summed E-state index contributed by atoms with van der Waals surface area (Å²) in [6.45, 7) is 1.83. The molecule has 0 radical (unpaired) electrons. The van der Waals surface area contributed by atoms with E-state index in [1.54, 1.807) is 36.4 Å². The van der Waals surface area contributed by atoms with Crippen molar-refractivity contribution in [2.24, 2.45) is 0 Å². The quantitative estimate of drug-likeness (QED) is 0.737. The second-order valence-electron chi connectivity index (χ2n) is 5.51. The van der Waals surface area contributed by atoms with Gasteiger partial charge in [-0.3, -0.25) is 4.79 Å². The highest BCUT2D eigenvalue weighted by Gasteiger charge is 2.11. The molecule has 6 heteroatoms. The van der Waals surface area contributed by atoms with Gasteiger partial charge in [0.1, 0.15) is 17.1 Å². The van der Waals surface area contributed by atoms with Crippen LogP contribution in [0.4, 0.5) is 5.69 Å². The lowest BCUT2D eigenvalue weighted by Gasteiger charge is -2.10. The number of methoxy groups -OCH3 is 2. The number of hydrogen-bond donors (Lipinski definition) is 1. The van der Waals surface area contributed by atoms with Crippen LogP contribution in [0, 0.1) is 6.92 Å². The summed E-state index contributed by atoms with van der Waals surface area (Å²) >= 11 is 0. The lowest BCUT2D eigenvalue weighted by molar-refractivity contribution is 0.102. The molecule has 128 valence electrons. The maximum Gasteiger partial charge on any atom is 0.336 e. The van der Waals surface area contributed by atoms with Crippen LogP contribution in [0.25, 0.3) is 11.0 Å². The summed E-state index contributed by atoms with van der Waals surface area (Å²) in [6, 6.07) is 11.5. The Balaban J connectivity index is 1.93. The molecule has 0 saturated carbocycles. The van der Waals surface area contributed by atoms with E-state index in [-0.39, 0.29) is 5.91 Å². The minimum Gasteiger partial charge on any atom is -0.497 e. The lowest BCUT2D eigenvalue weighted by atomic mass is 10.1. The van der Waals surface area contributed by atoms with Crippen LogP contribution in [0.15, 0.2) is 51.7 Å². The molecule has 1 heterocycles. The van der Waals surface area contributed by atoms with Crippen LogP contribution in [0.2, 0.25) is 0 Å². The van der Waals surface area contributed by atoms with Crippen molar-refractivity contribution >= 4 is 22.6 Å². The highest BCUT2D eigenvalue weighted by Crippen LogP contribution is 2.24. The molecule has 1 amide bonds. The van der Waals surface area contributed by atoms with E-state index in [9.17, 15) is 9.59 Å². The zero-order chi connectivity index (χ0) is 18.0. The first-order chi connectivity index (χ1) is 12.0. The Morgan fingerprint density at radius 1 is 1.00 bits per heavy atom. The highest BCUT2D eigenvalue weighted by molar-refractivity contribution is 6.05. The number of carbonyl (C=O) groups excluding carboxylic acids is 1. The first-order valence-corrected chi connectivity index (χ1v) is 7.59. The van der Waals surface area contributed by atoms with Gasteiger partial charge in [0.25, 0.3) is 5.91 Å². The number of benzene rings is 2. The first kappa shape index (κ1) is 16.6. The number of ether oxygens (including phenoxy) is 2. The van der Waals surface area contributed by atoms with Crippen LogP contribution < -0.4 is 20.4 Å². The predicted molar refractivity (Wildman–Crippen MR) is 94.7 cm³/mol. The summed E-state index contributed by atoms with van der Waals surface area (Å²) in [5, 5.41) is 3.60. The first-order valence-electron chi connectivity index (χ1n) is 7.59. The van der Waals surface area contributed by atoms with Crippen molar-refractivity contribution in [2.75, 3.05) is 19.5 Å². The molecule has 0 aliphatic rings. The van der Waals surface area contributed by atoms with Crippen LogP contribution in [-0.2, 0) is 0 Å². The van der Waals surface area contributed by atoms with Gasteiger partial charge in [0.05, 0.1) is 14.2 Å². The molecule has 25 heavy (non-hydrogen) atoms. The summed E-state index contributed by atoms with van der Waals surface area (Å²) in [5.74, 6) is 0.709. The Morgan fingerprint density at radius 2 is 1.68 bits per heavy atom. The van der Waals surface area contributed by atoms with E-state index in [1.165, 1.54) is 20.3 Å². The number of anilines is 1. The smallest absolute Gasteiger partial charge is 0.336 e. The van der Waals surface area contributed by atoms with Gasteiger partial charge < -0.3 is 19.2 Å². The number of amides is 1. The van der Waals surface area contributed by atoms with Crippen molar-refractivity contribution in [3.8, 4) is 11.5 Å². The van der Waals surface area contributed by atoms with Crippen LogP contribution in [0.1, 0.15) is 15.9 Å². The van der Waals surface area contributed by atoms with Crippen molar-refractivity contribution in [3.63, 3.8) is 0 Å². The fourth-order valence-corrected chi connectivity index (χ4v) is 2.54. The SMILES string of the molecule is COc1cc(OC)cc(C(=O)Nc2ccc3c(C)cc(=O)oc3c2)c1. The van der Waals surface area contributed by atoms with Crippen molar-refractivity contribution in [2.45, 2.75) is 6.92 Å². The van der Waals surface area contributed by atoms with E-state index in [0.29, 0.717) is 28.3 Å². The van der Waals surface area contributed by atoms with Gasteiger partial charge in [-0.2, -0.15) is 0 Å². The topological polar surface area (TPSA) is 77.8 Å². The van der Waals surface area contributed by atoms with E-state index in [2.05, 4.69) is 5.32 Å². The van der Waals surface area contributed by atoms with Gasteiger partial charge in [-0.15, -0.1) is 0 Å². The molecule has 6 nitrogen and oxygen atoms in total. The maximum absolute atomic E-state index is 12.5. The highest BCUT2D eigenvalue weighted by atomic mass is 16.5. The molecule has 0 unspecified atom stereocenters. The Labute approximate surface area is 144 Å². The molecule has 0 atom stereocenters. The zero-order valence-electron chi connectivity index (χ0n) is 14.1. The summed E-state index contributed by atoms with van der Waals surface area (Å²) in [7, 11) is 3.04. The summed E-state index contributed by atoms with van der Waals surface area (Å²) < 4.78 is 15.5. The van der Waals surface area contributed by atoms with E-state index < -0.39 is 5.63 Å². The molecule has 0 aliphatic heterocycles. The lowest BCUT2D eigenvalue weighted by Crippen LogP contribution is -2.12. The Kier molecular flexibility index (Phi) is 4.43. The number of hydrogen-bond acceptors (Lipinski definition) is 5. The summed E-state index contributed by atoms with van der Waals surface area (Å²) in [4.78, 5) is 24.0.